The first-order chi connectivity index (χ1) is 7.54. The maximum absolute atomic E-state index is 12.9. The number of likely N-dealkylation sites (tertiary alicyclic amines) is 1. The Kier molecular flexibility index (Phi) is 2.63. The van der Waals surface area contributed by atoms with E-state index in [0.29, 0.717) is 13.1 Å². The van der Waals surface area contributed by atoms with Gasteiger partial charge in [0.2, 0.25) is 0 Å². The van der Waals surface area contributed by atoms with Gasteiger partial charge in [0.25, 0.3) is 5.91 Å². The van der Waals surface area contributed by atoms with Gasteiger partial charge in [-0.05, 0) is 12.5 Å². The second-order valence-electron chi connectivity index (χ2n) is 4.27. The van der Waals surface area contributed by atoms with Crippen molar-refractivity contribution in [2.24, 2.45) is 5.73 Å². The Labute approximate surface area is 93.3 Å². The minimum atomic E-state index is -0.499. The molecule has 1 aliphatic rings. The zero-order valence-electron chi connectivity index (χ0n) is 9.11. The van der Waals surface area contributed by atoms with Crippen LogP contribution < -0.4 is 5.73 Å². The van der Waals surface area contributed by atoms with Crippen molar-refractivity contribution >= 4 is 5.91 Å². The molecule has 0 aliphatic carbocycles. The molecule has 0 spiro atoms. The number of halogens is 1. The van der Waals surface area contributed by atoms with Crippen LogP contribution >= 0.6 is 0 Å². The van der Waals surface area contributed by atoms with Gasteiger partial charge in [0.1, 0.15) is 5.82 Å². The Morgan fingerprint density at radius 1 is 1.62 bits per heavy atom. The lowest BCUT2D eigenvalue weighted by atomic mass is 9.88. The molecule has 0 radical (unpaired) electrons. The molecule has 0 bridgehead atoms. The van der Waals surface area contributed by atoms with Crippen LogP contribution in [0.15, 0.2) is 18.5 Å². The van der Waals surface area contributed by atoms with Crippen LogP contribution in [0.5, 0.6) is 0 Å². The van der Waals surface area contributed by atoms with E-state index in [1.165, 1.54) is 12.3 Å². The SMILES string of the molecule is CCC1(N)CN(C(=O)c2cncc(F)c2)C1. The molecule has 5 heteroatoms. The summed E-state index contributed by atoms with van der Waals surface area (Å²) in [5.74, 6) is -0.706. The van der Waals surface area contributed by atoms with E-state index in [1.54, 1.807) is 4.90 Å². The Balaban J connectivity index is 2.06. The van der Waals surface area contributed by atoms with Crippen molar-refractivity contribution in [3.05, 3.63) is 29.8 Å². The van der Waals surface area contributed by atoms with Crippen molar-refractivity contribution in [1.82, 2.24) is 9.88 Å². The van der Waals surface area contributed by atoms with E-state index >= 15 is 0 Å². The monoisotopic (exact) mass is 223 g/mol. The van der Waals surface area contributed by atoms with Gasteiger partial charge in [-0.3, -0.25) is 9.78 Å². The second-order valence-corrected chi connectivity index (χ2v) is 4.27. The number of nitrogens with two attached hydrogens (primary N) is 1. The van der Waals surface area contributed by atoms with Gasteiger partial charge < -0.3 is 10.6 Å². The molecule has 2 N–H and O–H groups in total. The quantitative estimate of drug-likeness (QED) is 0.806. The van der Waals surface area contributed by atoms with E-state index in [-0.39, 0.29) is 17.0 Å². The average Bonchev–Trinajstić information content (AvgIpc) is 2.24. The van der Waals surface area contributed by atoms with Crippen molar-refractivity contribution in [3.8, 4) is 0 Å². The minimum absolute atomic E-state index is 0.207. The second kappa shape index (κ2) is 3.83. The van der Waals surface area contributed by atoms with E-state index in [4.69, 9.17) is 5.73 Å². The molecule has 4 nitrogen and oxygen atoms in total. The summed E-state index contributed by atoms with van der Waals surface area (Å²) in [6, 6.07) is 1.19. The summed E-state index contributed by atoms with van der Waals surface area (Å²) in [7, 11) is 0. The fourth-order valence-corrected chi connectivity index (χ4v) is 1.79. The van der Waals surface area contributed by atoms with Crippen molar-refractivity contribution in [2.45, 2.75) is 18.9 Å². The fourth-order valence-electron chi connectivity index (χ4n) is 1.79. The largest absolute Gasteiger partial charge is 0.335 e. The number of nitrogens with zero attached hydrogens (tertiary/aromatic N) is 2. The van der Waals surface area contributed by atoms with Crippen molar-refractivity contribution < 1.29 is 9.18 Å². The molecular formula is C11H14FN3O. The third kappa shape index (κ3) is 1.90. The van der Waals surface area contributed by atoms with Gasteiger partial charge in [0, 0.05) is 19.3 Å². The summed E-state index contributed by atoms with van der Waals surface area (Å²) in [5, 5.41) is 0. The van der Waals surface area contributed by atoms with Crippen LogP contribution in [0.4, 0.5) is 4.39 Å². The van der Waals surface area contributed by atoms with E-state index in [1.807, 2.05) is 6.92 Å². The van der Waals surface area contributed by atoms with Gasteiger partial charge in [0.15, 0.2) is 0 Å². The van der Waals surface area contributed by atoms with Crippen LogP contribution in [0.1, 0.15) is 23.7 Å². The van der Waals surface area contributed by atoms with Gasteiger partial charge in [0.05, 0.1) is 17.3 Å². The summed E-state index contributed by atoms with van der Waals surface area (Å²) in [4.78, 5) is 17.1. The Hall–Kier alpha value is -1.49. The number of pyridine rings is 1. The van der Waals surface area contributed by atoms with Crippen LogP contribution in [0.25, 0.3) is 0 Å². The normalized spacial score (nSPS) is 18.1. The number of hydrogen-bond acceptors (Lipinski definition) is 3. The number of rotatable bonds is 2. The fraction of sp³-hybridized carbons (Fsp3) is 0.455. The molecule has 16 heavy (non-hydrogen) atoms. The lowest BCUT2D eigenvalue weighted by Gasteiger charge is -2.47. The third-order valence-electron chi connectivity index (χ3n) is 2.95. The van der Waals surface area contributed by atoms with Crippen LogP contribution in [0, 0.1) is 5.82 Å². The molecule has 1 aliphatic heterocycles. The predicted molar refractivity (Wildman–Crippen MR) is 57.3 cm³/mol. The summed E-state index contributed by atoms with van der Waals surface area (Å²) < 4.78 is 12.9. The first kappa shape index (κ1) is 11.0. The van der Waals surface area contributed by atoms with Crippen molar-refractivity contribution in [1.29, 1.82) is 0 Å². The number of hydrogen-bond donors (Lipinski definition) is 1. The highest BCUT2D eigenvalue weighted by Crippen LogP contribution is 2.23. The van der Waals surface area contributed by atoms with Gasteiger partial charge in [-0.2, -0.15) is 0 Å². The molecule has 2 heterocycles. The number of aromatic nitrogens is 1. The first-order valence-electron chi connectivity index (χ1n) is 5.23. The maximum atomic E-state index is 12.9. The Morgan fingerprint density at radius 2 is 2.31 bits per heavy atom. The topological polar surface area (TPSA) is 59.2 Å². The van der Waals surface area contributed by atoms with Crippen LogP contribution in [0.3, 0.4) is 0 Å². The van der Waals surface area contributed by atoms with Crippen LogP contribution in [0.2, 0.25) is 0 Å². The van der Waals surface area contributed by atoms with Crippen molar-refractivity contribution in [2.75, 3.05) is 13.1 Å². The van der Waals surface area contributed by atoms with Gasteiger partial charge in [-0.15, -0.1) is 0 Å². The highest BCUT2D eigenvalue weighted by Gasteiger charge is 2.40. The number of carbonyl (C=O) groups excluding carboxylic acids is 1. The molecule has 1 saturated heterocycles. The molecule has 1 aromatic heterocycles. The number of amides is 1. The van der Waals surface area contributed by atoms with Crippen molar-refractivity contribution in [3.63, 3.8) is 0 Å². The highest BCUT2D eigenvalue weighted by atomic mass is 19.1. The molecule has 2 rings (SSSR count). The zero-order valence-corrected chi connectivity index (χ0v) is 9.11. The summed E-state index contributed by atoms with van der Waals surface area (Å²) in [5.41, 5.74) is 5.96. The molecule has 0 atom stereocenters. The summed E-state index contributed by atoms with van der Waals surface area (Å²) in [6.45, 7) is 3.04. The predicted octanol–water partition coefficient (Wildman–Crippen LogP) is 0.784. The number of carbonyl (C=O) groups is 1. The third-order valence-corrected chi connectivity index (χ3v) is 2.95. The Bertz CT molecular complexity index is 415. The van der Waals surface area contributed by atoms with E-state index in [0.717, 1.165) is 12.6 Å². The van der Waals surface area contributed by atoms with E-state index < -0.39 is 5.82 Å². The lowest BCUT2D eigenvalue weighted by Crippen LogP contribution is -2.68. The van der Waals surface area contributed by atoms with E-state index in [9.17, 15) is 9.18 Å². The van der Waals surface area contributed by atoms with Gasteiger partial charge >= 0.3 is 0 Å². The minimum Gasteiger partial charge on any atom is -0.335 e. The molecule has 1 fully saturated rings. The highest BCUT2D eigenvalue weighted by molar-refractivity contribution is 5.94. The van der Waals surface area contributed by atoms with Gasteiger partial charge in [-0.25, -0.2) is 4.39 Å². The standard InChI is InChI=1S/C11H14FN3O/c1-2-11(13)6-15(7-11)10(16)8-3-9(12)5-14-4-8/h3-5H,2,6-7,13H2,1H3. The molecule has 0 unspecified atom stereocenters. The van der Waals surface area contributed by atoms with E-state index in [2.05, 4.69) is 4.98 Å². The zero-order chi connectivity index (χ0) is 11.8. The lowest BCUT2D eigenvalue weighted by molar-refractivity contribution is 0.0400. The Morgan fingerprint density at radius 3 is 2.88 bits per heavy atom. The summed E-state index contributed by atoms with van der Waals surface area (Å²) in [6.07, 6.45) is 3.28. The molecule has 0 aromatic carbocycles. The first-order valence-corrected chi connectivity index (χ1v) is 5.23. The van der Waals surface area contributed by atoms with Gasteiger partial charge in [-0.1, -0.05) is 6.92 Å². The average molecular weight is 223 g/mol. The molecular weight excluding hydrogens is 209 g/mol. The smallest absolute Gasteiger partial charge is 0.255 e. The molecule has 1 amide bonds. The molecule has 86 valence electrons. The maximum Gasteiger partial charge on any atom is 0.255 e. The van der Waals surface area contributed by atoms with Crippen LogP contribution in [-0.2, 0) is 0 Å². The van der Waals surface area contributed by atoms with Crippen LogP contribution in [-0.4, -0.2) is 34.4 Å². The molecule has 0 saturated carbocycles. The molecule has 1 aromatic rings. The summed E-state index contributed by atoms with van der Waals surface area (Å²) >= 11 is 0.